The number of thioether (sulfide) groups is 1. The maximum Gasteiger partial charge on any atom is 0.260 e. The summed E-state index contributed by atoms with van der Waals surface area (Å²) in [4.78, 5) is 33.2. The van der Waals surface area contributed by atoms with Crippen LogP contribution in [0.4, 0.5) is 11.6 Å². The van der Waals surface area contributed by atoms with Gasteiger partial charge < -0.3 is 25.0 Å². The standard InChI is InChI=1S/C33H44N6O4S/c1-8-12-18-44-33-36-32-34-23(7)29(31(41)35-25-15-13-14-21(5)22(25)6)30(39(32)37-33)24-16-17-26(27(19-24)42-11-4)43-20-28(40)38(9-2)10-3/h13-17,19,30H,8-12,18,20H2,1-7H3,(H,35,41)(H,34,36,37). The summed E-state index contributed by atoms with van der Waals surface area (Å²) in [7, 11) is 0. The molecule has 0 spiro atoms. The molecule has 2 N–H and O–H groups in total. The van der Waals surface area contributed by atoms with Crippen LogP contribution >= 0.6 is 11.8 Å². The Hall–Kier alpha value is -3.99. The average Bonchev–Trinajstić information content (AvgIpc) is 3.41. The van der Waals surface area contributed by atoms with E-state index in [-0.39, 0.29) is 18.4 Å². The summed E-state index contributed by atoms with van der Waals surface area (Å²) in [5, 5.41) is 11.9. The summed E-state index contributed by atoms with van der Waals surface area (Å²) in [6.07, 6.45) is 2.14. The third-order valence-corrected chi connectivity index (χ3v) is 8.63. The van der Waals surface area contributed by atoms with Crippen molar-refractivity contribution in [1.82, 2.24) is 19.7 Å². The number of hydrogen-bond acceptors (Lipinski definition) is 8. The number of anilines is 2. The van der Waals surface area contributed by atoms with Gasteiger partial charge in [0.25, 0.3) is 11.8 Å². The third-order valence-electron chi connectivity index (χ3n) is 7.71. The number of unbranched alkanes of at least 4 members (excludes halogenated alkanes) is 1. The summed E-state index contributed by atoms with van der Waals surface area (Å²) in [6, 6.07) is 10.8. The van der Waals surface area contributed by atoms with Crippen LogP contribution in [0.2, 0.25) is 0 Å². The number of hydrogen-bond donors (Lipinski definition) is 2. The first-order valence-corrected chi connectivity index (χ1v) is 16.3. The van der Waals surface area contributed by atoms with Crippen LogP contribution in [0, 0.1) is 13.8 Å². The molecule has 2 heterocycles. The number of amides is 2. The minimum absolute atomic E-state index is 0.0933. The van der Waals surface area contributed by atoms with Gasteiger partial charge in [0.05, 0.1) is 12.2 Å². The Kier molecular flexibility index (Phi) is 11.3. The Labute approximate surface area is 264 Å². The zero-order valence-electron chi connectivity index (χ0n) is 26.8. The summed E-state index contributed by atoms with van der Waals surface area (Å²) in [5.41, 5.74) is 4.84. The molecule has 1 unspecified atom stereocenters. The van der Waals surface area contributed by atoms with E-state index in [0.717, 1.165) is 41.0 Å². The van der Waals surface area contributed by atoms with Crippen molar-refractivity contribution in [1.29, 1.82) is 0 Å². The van der Waals surface area contributed by atoms with E-state index in [4.69, 9.17) is 19.6 Å². The Balaban J connectivity index is 1.74. The molecule has 10 nitrogen and oxygen atoms in total. The van der Waals surface area contributed by atoms with Crippen molar-refractivity contribution in [2.45, 2.75) is 72.5 Å². The van der Waals surface area contributed by atoms with Gasteiger partial charge in [-0.05, 0) is 82.9 Å². The number of ether oxygens (including phenoxy) is 2. The summed E-state index contributed by atoms with van der Waals surface area (Å²) >= 11 is 1.60. The molecule has 2 amide bonds. The molecule has 44 heavy (non-hydrogen) atoms. The zero-order valence-corrected chi connectivity index (χ0v) is 27.6. The van der Waals surface area contributed by atoms with Crippen molar-refractivity contribution >= 4 is 35.2 Å². The largest absolute Gasteiger partial charge is 0.490 e. The molecule has 1 aliphatic rings. The highest BCUT2D eigenvalue weighted by molar-refractivity contribution is 7.99. The van der Waals surface area contributed by atoms with Gasteiger partial charge in [-0.15, -0.1) is 5.10 Å². The first-order valence-electron chi connectivity index (χ1n) is 15.3. The molecule has 3 aromatic rings. The van der Waals surface area contributed by atoms with Crippen molar-refractivity contribution in [3.8, 4) is 11.5 Å². The molecule has 0 bridgehead atoms. The molecule has 0 radical (unpaired) electrons. The highest BCUT2D eigenvalue weighted by Crippen LogP contribution is 2.40. The van der Waals surface area contributed by atoms with Crippen LogP contribution in [0.5, 0.6) is 11.5 Å². The van der Waals surface area contributed by atoms with Crippen LogP contribution in [-0.4, -0.2) is 63.5 Å². The molecule has 236 valence electrons. The highest BCUT2D eigenvalue weighted by atomic mass is 32.2. The molecule has 1 aliphatic heterocycles. The van der Waals surface area contributed by atoms with Gasteiger partial charge >= 0.3 is 0 Å². The first-order chi connectivity index (χ1) is 21.2. The maximum atomic E-state index is 14.1. The molecule has 2 aromatic carbocycles. The fourth-order valence-corrected chi connectivity index (χ4v) is 5.98. The van der Waals surface area contributed by atoms with Crippen LogP contribution in [-0.2, 0) is 9.59 Å². The number of nitrogens with one attached hydrogen (secondary N) is 2. The molecular formula is C33H44N6O4S. The second-order valence-corrected chi connectivity index (χ2v) is 11.7. The van der Waals surface area contributed by atoms with Crippen molar-refractivity contribution < 1.29 is 19.1 Å². The van der Waals surface area contributed by atoms with Crippen LogP contribution in [0.3, 0.4) is 0 Å². The van der Waals surface area contributed by atoms with Gasteiger partial charge in [-0.1, -0.05) is 43.3 Å². The molecule has 0 fully saturated rings. The SMILES string of the molecule is CCCCSc1nc2n(n1)C(c1ccc(OCC(=O)N(CC)CC)c(OCC)c1)C(C(=O)Nc1cccc(C)c1C)=C(C)N2. The lowest BCUT2D eigenvalue weighted by molar-refractivity contribution is -0.133. The number of aryl methyl sites for hydroxylation is 1. The number of carbonyl (C=O) groups excluding carboxylic acids is 2. The average molecular weight is 621 g/mol. The Morgan fingerprint density at radius 3 is 2.52 bits per heavy atom. The lowest BCUT2D eigenvalue weighted by Gasteiger charge is -2.29. The Morgan fingerprint density at radius 2 is 1.82 bits per heavy atom. The van der Waals surface area contributed by atoms with Gasteiger partial charge in [0.15, 0.2) is 18.1 Å². The van der Waals surface area contributed by atoms with E-state index in [1.165, 1.54) is 0 Å². The molecule has 11 heteroatoms. The monoisotopic (exact) mass is 620 g/mol. The molecule has 1 atom stereocenters. The predicted octanol–water partition coefficient (Wildman–Crippen LogP) is 6.36. The fourth-order valence-electron chi connectivity index (χ4n) is 5.07. The number of carbonyl (C=O) groups is 2. The van der Waals surface area contributed by atoms with Crippen molar-refractivity contribution in [2.75, 3.05) is 42.7 Å². The quantitative estimate of drug-likeness (QED) is 0.158. The first kappa shape index (κ1) is 32.9. The third kappa shape index (κ3) is 7.38. The number of rotatable bonds is 14. The highest BCUT2D eigenvalue weighted by Gasteiger charge is 2.35. The second-order valence-electron chi connectivity index (χ2n) is 10.6. The van der Waals surface area contributed by atoms with Gasteiger partial charge in [0, 0.05) is 30.2 Å². The van der Waals surface area contributed by atoms with Gasteiger partial charge in [-0.2, -0.15) is 4.98 Å². The van der Waals surface area contributed by atoms with Crippen LogP contribution in [0.1, 0.15) is 70.2 Å². The van der Waals surface area contributed by atoms with E-state index >= 15 is 0 Å². The molecule has 4 rings (SSSR count). The molecule has 0 saturated heterocycles. The normalized spacial score (nSPS) is 14.1. The predicted molar refractivity (Wildman–Crippen MR) is 176 cm³/mol. The van der Waals surface area contributed by atoms with Crippen LogP contribution in [0.15, 0.2) is 52.8 Å². The van der Waals surface area contributed by atoms with E-state index < -0.39 is 6.04 Å². The van der Waals surface area contributed by atoms with Crippen molar-refractivity contribution in [3.05, 3.63) is 64.4 Å². The number of likely N-dealkylation sites (N-methyl/N-ethyl adjacent to an activating group) is 1. The van der Waals surface area contributed by atoms with Gasteiger partial charge in [0.1, 0.15) is 6.04 Å². The van der Waals surface area contributed by atoms with Crippen LogP contribution < -0.4 is 20.1 Å². The van der Waals surface area contributed by atoms with E-state index in [9.17, 15) is 9.59 Å². The Bertz CT molecular complexity index is 1510. The molecule has 1 aromatic heterocycles. The minimum atomic E-state index is -0.588. The summed E-state index contributed by atoms with van der Waals surface area (Å²) in [6.45, 7) is 15.4. The van der Waals surface area contributed by atoms with E-state index in [0.29, 0.717) is 53.6 Å². The number of aromatic nitrogens is 3. The number of benzene rings is 2. The van der Waals surface area contributed by atoms with Crippen molar-refractivity contribution in [3.63, 3.8) is 0 Å². The maximum absolute atomic E-state index is 14.1. The smallest absolute Gasteiger partial charge is 0.260 e. The van der Waals surface area contributed by atoms with Crippen molar-refractivity contribution in [2.24, 2.45) is 0 Å². The molecule has 0 saturated carbocycles. The summed E-state index contributed by atoms with van der Waals surface area (Å²) in [5.74, 6) is 2.09. The second kappa shape index (κ2) is 15.1. The van der Waals surface area contributed by atoms with Crippen LogP contribution in [0.25, 0.3) is 0 Å². The van der Waals surface area contributed by atoms with Gasteiger partial charge in [-0.25, -0.2) is 4.68 Å². The lowest BCUT2D eigenvalue weighted by atomic mass is 9.94. The van der Waals surface area contributed by atoms with E-state index in [2.05, 4.69) is 17.6 Å². The lowest BCUT2D eigenvalue weighted by Crippen LogP contribution is -2.34. The number of fused-ring (bicyclic) bond motifs is 1. The van der Waals surface area contributed by atoms with Gasteiger partial charge in [0.2, 0.25) is 11.1 Å². The van der Waals surface area contributed by atoms with E-state index in [1.54, 1.807) is 27.4 Å². The number of nitrogens with zero attached hydrogens (tertiary/aromatic N) is 4. The molecule has 0 aliphatic carbocycles. The minimum Gasteiger partial charge on any atom is -0.490 e. The Morgan fingerprint density at radius 1 is 1.05 bits per heavy atom. The molecular weight excluding hydrogens is 576 g/mol. The zero-order chi connectivity index (χ0) is 31.8. The van der Waals surface area contributed by atoms with Gasteiger partial charge in [-0.3, -0.25) is 9.59 Å². The van der Waals surface area contributed by atoms with E-state index in [1.807, 2.05) is 71.9 Å². The summed E-state index contributed by atoms with van der Waals surface area (Å²) < 4.78 is 13.7. The number of allylic oxidation sites excluding steroid dienone is 1. The topological polar surface area (TPSA) is 111 Å². The fraction of sp³-hybridized carbons (Fsp3) is 0.455.